The van der Waals surface area contributed by atoms with Crippen LogP contribution < -0.4 is 16.6 Å². The van der Waals surface area contributed by atoms with E-state index in [1.54, 1.807) is 12.1 Å². The largest absolute Gasteiger partial charge is 0.376 e. The van der Waals surface area contributed by atoms with Gasteiger partial charge >= 0.3 is 5.69 Å². The fraction of sp³-hybridized carbons (Fsp3) is 0.333. The van der Waals surface area contributed by atoms with Gasteiger partial charge in [0.1, 0.15) is 6.54 Å². The molecule has 8 nitrogen and oxygen atoms in total. The lowest BCUT2D eigenvalue weighted by atomic mass is 10.2. The molecular formula is C21H22N4O4. The Balaban J connectivity index is 1.67. The van der Waals surface area contributed by atoms with Gasteiger partial charge in [-0.05, 0) is 30.5 Å². The van der Waals surface area contributed by atoms with Gasteiger partial charge in [-0.15, -0.1) is 0 Å². The van der Waals surface area contributed by atoms with Crippen molar-refractivity contribution in [3.05, 3.63) is 75.1 Å². The molecule has 1 atom stereocenters. The summed E-state index contributed by atoms with van der Waals surface area (Å²) in [4.78, 5) is 42.6. The van der Waals surface area contributed by atoms with E-state index in [0.717, 1.165) is 23.0 Å². The molecule has 8 heteroatoms. The monoisotopic (exact) mass is 394 g/mol. The molecule has 4 rings (SSSR count). The summed E-state index contributed by atoms with van der Waals surface area (Å²) in [5.41, 5.74) is 0.322. The van der Waals surface area contributed by atoms with Gasteiger partial charge in [0, 0.05) is 19.3 Å². The Morgan fingerprint density at radius 3 is 2.72 bits per heavy atom. The van der Waals surface area contributed by atoms with Crippen molar-refractivity contribution in [2.45, 2.75) is 32.0 Å². The van der Waals surface area contributed by atoms with Crippen LogP contribution in [0.25, 0.3) is 11.0 Å². The molecule has 3 aromatic rings. The average Bonchev–Trinajstić information content (AvgIpc) is 3.27. The van der Waals surface area contributed by atoms with Crippen molar-refractivity contribution >= 4 is 16.9 Å². The standard InChI is InChI=1S/C21H22N4O4/c26-18(23-12-16-8-5-11-29-16)14-24-17-9-4-10-22-19(17)20(27)25(21(24)28)13-15-6-2-1-3-7-15/h1-4,6-7,9-10,16H,5,8,11-14H2,(H,23,26)/t16-/m1/s1. The predicted octanol–water partition coefficient (Wildman–Crippen LogP) is 0.902. The van der Waals surface area contributed by atoms with Gasteiger partial charge in [0.05, 0.1) is 18.2 Å². The maximum Gasteiger partial charge on any atom is 0.332 e. The number of carbonyl (C=O) groups excluding carboxylic acids is 1. The highest BCUT2D eigenvalue weighted by Gasteiger charge is 2.19. The van der Waals surface area contributed by atoms with E-state index < -0.39 is 11.2 Å². The van der Waals surface area contributed by atoms with E-state index >= 15 is 0 Å². The van der Waals surface area contributed by atoms with Crippen molar-refractivity contribution in [2.24, 2.45) is 0 Å². The zero-order valence-corrected chi connectivity index (χ0v) is 15.9. The zero-order valence-electron chi connectivity index (χ0n) is 15.9. The lowest BCUT2D eigenvalue weighted by Crippen LogP contribution is -2.43. The second-order valence-corrected chi connectivity index (χ2v) is 7.06. The lowest BCUT2D eigenvalue weighted by Gasteiger charge is -2.15. The van der Waals surface area contributed by atoms with Crippen LogP contribution in [0.1, 0.15) is 18.4 Å². The minimum atomic E-state index is -0.536. The summed E-state index contributed by atoms with van der Waals surface area (Å²) < 4.78 is 7.94. The second-order valence-electron chi connectivity index (χ2n) is 7.06. The van der Waals surface area contributed by atoms with Gasteiger partial charge in [-0.3, -0.25) is 18.7 Å². The van der Waals surface area contributed by atoms with Crippen molar-refractivity contribution in [3.8, 4) is 0 Å². The first-order valence-corrected chi connectivity index (χ1v) is 9.64. The van der Waals surface area contributed by atoms with Crippen molar-refractivity contribution in [3.63, 3.8) is 0 Å². The Labute approximate surface area is 166 Å². The quantitative estimate of drug-likeness (QED) is 0.670. The van der Waals surface area contributed by atoms with Crippen LogP contribution in [0.15, 0.2) is 58.3 Å². The van der Waals surface area contributed by atoms with Crippen molar-refractivity contribution in [1.29, 1.82) is 0 Å². The summed E-state index contributed by atoms with van der Waals surface area (Å²) in [6.45, 7) is 1.04. The van der Waals surface area contributed by atoms with Crippen LogP contribution >= 0.6 is 0 Å². The van der Waals surface area contributed by atoms with E-state index in [9.17, 15) is 14.4 Å². The van der Waals surface area contributed by atoms with Gasteiger partial charge in [0.25, 0.3) is 5.56 Å². The molecule has 0 unspecified atom stereocenters. The molecule has 1 amide bonds. The van der Waals surface area contributed by atoms with Crippen LogP contribution in [-0.4, -0.2) is 39.3 Å². The summed E-state index contributed by atoms with van der Waals surface area (Å²) in [5.74, 6) is -0.308. The molecule has 1 saturated heterocycles. The number of fused-ring (bicyclic) bond motifs is 1. The highest BCUT2D eigenvalue weighted by molar-refractivity contribution is 5.79. The van der Waals surface area contributed by atoms with E-state index in [1.165, 1.54) is 10.8 Å². The highest BCUT2D eigenvalue weighted by atomic mass is 16.5. The number of amides is 1. The Morgan fingerprint density at radius 1 is 1.14 bits per heavy atom. The van der Waals surface area contributed by atoms with E-state index in [2.05, 4.69) is 10.3 Å². The first-order valence-electron chi connectivity index (χ1n) is 9.64. The summed E-state index contributed by atoms with van der Waals surface area (Å²) in [5, 5.41) is 2.82. The van der Waals surface area contributed by atoms with Crippen molar-refractivity contribution < 1.29 is 9.53 Å². The molecule has 0 saturated carbocycles. The molecule has 3 heterocycles. The number of benzene rings is 1. The minimum absolute atomic E-state index is 0.0149. The van der Waals surface area contributed by atoms with Crippen molar-refractivity contribution in [2.75, 3.05) is 13.2 Å². The molecule has 1 N–H and O–H groups in total. The number of nitrogens with one attached hydrogen (secondary N) is 1. The molecule has 0 aliphatic carbocycles. The number of ether oxygens (including phenoxy) is 1. The van der Waals surface area contributed by atoms with Gasteiger partial charge in [-0.25, -0.2) is 9.78 Å². The minimum Gasteiger partial charge on any atom is -0.376 e. The zero-order chi connectivity index (χ0) is 20.2. The number of hydrogen-bond donors (Lipinski definition) is 1. The summed E-state index contributed by atoms with van der Waals surface area (Å²) in [7, 11) is 0. The molecular weight excluding hydrogens is 372 g/mol. The smallest absolute Gasteiger partial charge is 0.332 e. The van der Waals surface area contributed by atoms with Crippen molar-refractivity contribution in [1.82, 2.24) is 19.4 Å². The van der Waals surface area contributed by atoms with Crippen LogP contribution in [-0.2, 0) is 22.6 Å². The van der Waals surface area contributed by atoms with Crippen LogP contribution in [0, 0.1) is 0 Å². The number of rotatable bonds is 6. The molecule has 0 bridgehead atoms. The number of aromatic nitrogens is 3. The Kier molecular flexibility index (Phi) is 5.53. The predicted molar refractivity (Wildman–Crippen MR) is 108 cm³/mol. The van der Waals surface area contributed by atoms with E-state index in [1.807, 2.05) is 30.3 Å². The Morgan fingerprint density at radius 2 is 1.97 bits per heavy atom. The fourth-order valence-corrected chi connectivity index (χ4v) is 3.53. The topological polar surface area (TPSA) is 95.2 Å². The van der Waals surface area contributed by atoms with Gasteiger partial charge in [0.15, 0.2) is 5.52 Å². The Hall–Kier alpha value is -3.26. The molecule has 1 aliphatic rings. The summed E-state index contributed by atoms with van der Waals surface area (Å²) in [6.07, 6.45) is 3.42. The SMILES string of the molecule is O=C(Cn1c(=O)n(Cc2ccccc2)c(=O)c2ncccc21)NC[C@H]1CCCO1. The average molecular weight is 394 g/mol. The third-order valence-electron chi connectivity index (χ3n) is 5.02. The van der Waals surface area contributed by atoms with Gasteiger partial charge in [-0.2, -0.15) is 0 Å². The first kappa shape index (κ1) is 19.1. The Bertz CT molecular complexity index is 1130. The van der Waals surface area contributed by atoms with Crippen LogP contribution in [0.2, 0.25) is 0 Å². The van der Waals surface area contributed by atoms with Crippen LogP contribution in [0.4, 0.5) is 0 Å². The molecule has 0 spiro atoms. The third kappa shape index (κ3) is 4.12. The van der Waals surface area contributed by atoms with E-state index in [-0.39, 0.29) is 30.6 Å². The maximum absolute atomic E-state index is 13.1. The molecule has 1 aromatic carbocycles. The number of nitrogens with zero attached hydrogens (tertiary/aromatic N) is 3. The first-order chi connectivity index (χ1) is 14.1. The molecule has 2 aromatic heterocycles. The highest BCUT2D eigenvalue weighted by Crippen LogP contribution is 2.10. The molecule has 1 fully saturated rings. The molecule has 1 aliphatic heterocycles. The molecule has 150 valence electrons. The van der Waals surface area contributed by atoms with E-state index in [0.29, 0.717) is 18.7 Å². The van der Waals surface area contributed by atoms with Crippen LogP contribution in [0.5, 0.6) is 0 Å². The number of hydrogen-bond acceptors (Lipinski definition) is 5. The van der Waals surface area contributed by atoms with Gasteiger partial charge in [0.2, 0.25) is 5.91 Å². The second kappa shape index (κ2) is 8.40. The fourth-order valence-electron chi connectivity index (χ4n) is 3.53. The normalized spacial score (nSPS) is 16.2. The van der Waals surface area contributed by atoms with E-state index in [4.69, 9.17) is 4.74 Å². The van der Waals surface area contributed by atoms with Crippen LogP contribution in [0.3, 0.4) is 0 Å². The summed E-state index contributed by atoms with van der Waals surface area (Å²) >= 11 is 0. The molecule has 29 heavy (non-hydrogen) atoms. The summed E-state index contributed by atoms with van der Waals surface area (Å²) in [6, 6.07) is 12.5. The maximum atomic E-state index is 13.1. The lowest BCUT2D eigenvalue weighted by molar-refractivity contribution is -0.122. The van der Waals surface area contributed by atoms with Gasteiger partial charge in [-0.1, -0.05) is 30.3 Å². The number of pyridine rings is 1. The third-order valence-corrected chi connectivity index (χ3v) is 5.02. The molecule has 0 radical (unpaired) electrons. The number of carbonyl (C=O) groups is 1. The van der Waals surface area contributed by atoms with Gasteiger partial charge < -0.3 is 10.1 Å².